The van der Waals surface area contributed by atoms with Gasteiger partial charge in [0, 0.05) is 32.4 Å². The maximum Gasteiger partial charge on any atom is 0.272 e. The molecule has 2 aromatic rings. The van der Waals surface area contributed by atoms with Crippen molar-refractivity contribution in [2.75, 3.05) is 32.8 Å². The number of carbonyl (C=O) groups is 2. The summed E-state index contributed by atoms with van der Waals surface area (Å²) in [7, 11) is 0. The van der Waals surface area contributed by atoms with Crippen molar-refractivity contribution in [3.05, 3.63) is 48.0 Å². The molecule has 8 heteroatoms. The highest BCUT2D eigenvalue weighted by Gasteiger charge is 2.25. The van der Waals surface area contributed by atoms with Gasteiger partial charge in [0.2, 0.25) is 5.91 Å². The van der Waals surface area contributed by atoms with Crippen LogP contribution in [0.25, 0.3) is 0 Å². The first-order chi connectivity index (χ1) is 15.7. The first kappa shape index (κ1) is 22.2. The predicted octanol–water partition coefficient (Wildman–Crippen LogP) is 2.75. The lowest BCUT2D eigenvalue weighted by molar-refractivity contribution is -0.132. The van der Waals surface area contributed by atoms with Gasteiger partial charge in [-0.05, 0) is 36.6 Å². The van der Waals surface area contributed by atoms with E-state index >= 15 is 0 Å². The topological polar surface area (TPSA) is 88.5 Å². The largest absolute Gasteiger partial charge is 0.492 e. The fourth-order valence-electron chi connectivity index (χ4n) is 4.43. The second kappa shape index (κ2) is 11.0. The van der Waals surface area contributed by atoms with Gasteiger partial charge in [0.1, 0.15) is 11.4 Å². The third-order valence-electron chi connectivity index (χ3n) is 6.35. The molecule has 32 heavy (non-hydrogen) atoms. The first-order valence-electron chi connectivity index (χ1n) is 11.6. The van der Waals surface area contributed by atoms with Crippen LogP contribution in [0.3, 0.4) is 0 Å². The van der Waals surface area contributed by atoms with Crippen LogP contribution >= 0.6 is 0 Å². The molecule has 1 aliphatic heterocycles. The Morgan fingerprint density at radius 3 is 2.47 bits per heavy atom. The first-order valence-corrected chi connectivity index (χ1v) is 11.6. The Balaban J connectivity index is 1.21. The predicted molar refractivity (Wildman–Crippen MR) is 119 cm³/mol. The van der Waals surface area contributed by atoms with Crippen LogP contribution in [-0.4, -0.2) is 69.6 Å². The smallest absolute Gasteiger partial charge is 0.272 e. The molecule has 3 heterocycles. The molecule has 0 radical (unpaired) electrons. The fraction of sp³-hybridized carbons (Fsp3) is 0.542. The van der Waals surface area contributed by atoms with E-state index in [1.807, 2.05) is 6.07 Å². The zero-order valence-corrected chi connectivity index (χ0v) is 18.5. The van der Waals surface area contributed by atoms with Crippen LogP contribution in [-0.2, 0) is 11.2 Å². The highest BCUT2D eigenvalue weighted by molar-refractivity contribution is 5.92. The van der Waals surface area contributed by atoms with Gasteiger partial charge in [-0.1, -0.05) is 32.1 Å². The van der Waals surface area contributed by atoms with Crippen molar-refractivity contribution >= 4 is 11.8 Å². The standard InChI is InChI=1S/C24H31N5O3/c30-23(17-20-7-4-11-26-27-20)28-12-14-29(15-13-28)24(31)22-9-8-21(18-25-22)32-16-10-19-5-2-1-3-6-19/h4,7-9,11,18-19H,1-3,5-6,10,12-17H2. The molecule has 1 saturated carbocycles. The highest BCUT2D eigenvalue weighted by Crippen LogP contribution is 2.26. The van der Waals surface area contributed by atoms with Gasteiger partial charge in [0.05, 0.1) is 24.9 Å². The molecule has 1 aliphatic carbocycles. The average Bonchev–Trinajstić information content (AvgIpc) is 2.85. The van der Waals surface area contributed by atoms with Gasteiger partial charge in [0.15, 0.2) is 0 Å². The van der Waals surface area contributed by atoms with Crippen molar-refractivity contribution in [3.63, 3.8) is 0 Å². The zero-order chi connectivity index (χ0) is 22.2. The molecule has 2 aromatic heterocycles. The Hall–Kier alpha value is -3.03. The number of ether oxygens (including phenoxy) is 1. The molecule has 0 N–H and O–H groups in total. The Morgan fingerprint density at radius 1 is 1.00 bits per heavy atom. The van der Waals surface area contributed by atoms with Crippen LogP contribution in [0, 0.1) is 5.92 Å². The molecular weight excluding hydrogens is 406 g/mol. The van der Waals surface area contributed by atoms with Gasteiger partial charge < -0.3 is 14.5 Å². The van der Waals surface area contributed by atoms with Gasteiger partial charge in [-0.15, -0.1) is 0 Å². The van der Waals surface area contributed by atoms with E-state index in [0.29, 0.717) is 49.9 Å². The quantitative estimate of drug-likeness (QED) is 0.662. The maximum atomic E-state index is 12.8. The minimum Gasteiger partial charge on any atom is -0.492 e. The third-order valence-corrected chi connectivity index (χ3v) is 6.35. The lowest BCUT2D eigenvalue weighted by Gasteiger charge is -2.34. The summed E-state index contributed by atoms with van der Waals surface area (Å²) >= 11 is 0. The van der Waals surface area contributed by atoms with E-state index in [1.165, 1.54) is 32.1 Å². The van der Waals surface area contributed by atoms with Crippen molar-refractivity contribution < 1.29 is 14.3 Å². The molecule has 0 spiro atoms. The number of hydrogen-bond donors (Lipinski definition) is 0. The van der Waals surface area contributed by atoms with Crippen LogP contribution < -0.4 is 4.74 Å². The molecule has 170 valence electrons. The second-order valence-electron chi connectivity index (χ2n) is 8.59. The maximum absolute atomic E-state index is 12.8. The summed E-state index contributed by atoms with van der Waals surface area (Å²) in [5, 5.41) is 7.77. The Morgan fingerprint density at radius 2 is 1.78 bits per heavy atom. The molecule has 0 atom stereocenters. The fourth-order valence-corrected chi connectivity index (χ4v) is 4.43. The highest BCUT2D eigenvalue weighted by atomic mass is 16.5. The van der Waals surface area contributed by atoms with Gasteiger partial charge in [0.25, 0.3) is 5.91 Å². The number of amides is 2. The van der Waals surface area contributed by atoms with Crippen molar-refractivity contribution in [3.8, 4) is 5.75 Å². The van der Waals surface area contributed by atoms with E-state index in [1.54, 1.807) is 40.4 Å². The summed E-state index contributed by atoms with van der Waals surface area (Å²) in [5.41, 5.74) is 1.06. The number of pyridine rings is 1. The van der Waals surface area contributed by atoms with Gasteiger partial charge in [-0.2, -0.15) is 10.2 Å². The number of rotatable bonds is 7. The van der Waals surface area contributed by atoms with Crippen molar-refractivity contribution in [2.24, 2.45) is 5.92 Å². The molecule has 2 amide bonds. The molecule has 1 saturated heterocycles. The Labute approximate surface area is 189 Å². The number of piperazine rings is 1. The monoisotopic (exact) mass is 437 g/mol. The number of carbonyl (C=O) groups excluding carboxylic acids is 2. The van der Waals surface area contributed by atoms with Crippen LogP contribution in [0.4, 0.5) is 0 Å². The van der Waals surface area contributed by atoms with E-state index in [2.05, 4.69) is 15.2 Å². The van der Waals surface area contributed by atoms with E-state index in [4.69, 9.17) is 4.74 Å². The molecule has 4 rings (SSSR count). The van der Waals surface area contributed by atoms with Gasteiger partial charge in [-0.3, -0.25) is 9.59 Å². The number of nitrogens with zero attached hydrogens (tertiary/aromatic N) is 5. The summed E-state index contributed by atoms with van der Waals surface area (Å²) in [6.45, 7) is 2.70. The Bertz CT molecular complexity index is 876. The minimum absolute atomic E-state index is 0.00505. The minimum atomic E-state index is -0.111. The van der Waals surface area contributed by atoms with Gasteiger partial charge in [-0.25, -0.2) is 4.98 Å². The lowest BCUT2D eigenvalue weighted by atomic mass is 9.87. The summed E-state index contributed by atoms with van der Waals surface area (Å²) in [6, 6.07) is 7.11. The SMILES string of the molecule is O=C(Cc1cccnn1)N1CCN(C(=O)c2ccc(OCCC3CCCCC3)cn2)CC1. The van der Waals surface area contributed by atoms with E-state index < -0.39 is 0 Å². The lowest BCUT2D eigenvalue weighted by Crippen LogP contribution is -2.51. The summed E-state index contributed by atoms with van der Waals surface area (Å²) < 4.78 is 5.84. The van der Waals surface area contributed by atoms with Crippen LogP contribution in [0.2, 0.25) is 0 Å². The van der Waals surface area contributed by atoms with Crippen molar-refractivity contribution in [1.82, 2.24) is 25.0 Å². The van der Waals surface area contributed by atoms with Crippen LogP contribution in [0.15, 0.2) is 36.7 Å². The normalized spacial score (nSPS) is 17.2. The molecule has 2 fully saturated rings. The molecule has 0 unspecified atom stereocenters. The average molecular weight is 438 g/mol. The number of aromatic nitrogens is 3. The summed E-state index contributed by atoms with van der Waals surface area (Å²) in [6.07, 6.45) is 11.2. The Kier molecular flexibility index (Phi) is 7.64. The summed E-state index contributed by atoms with van der Waals surface area (Å²) in [5.74, 6) is 1.38. The number of hydrogen-bond acceptors (Lipinski definition) is 6. The van der Waals surface area contributed by atoms with Crippen molar-refractivity contribution in [2.45, 2.75) is 44.9 Å². The van der Waals surface area contributed by atoms with E-state index in [0.717, 1.165) is 12.3 Å². The molecule has 0 bridgehead atoms. The van der Waals surface area contributed by atoms with Crippen LogP contribution in [0.5, 0.6) is 5.75 Å². The van der Waals surface area contributed by atoms with Crippen LogP contribution in [0.1, 0.15) is 54.7 Å². The van der Waals surface area contributed by atoms with Gasteiger partial charge >= 0.3 is 0 Å². The summed E-state index contributed by atoms with van der Waals surface area (Å²) in [4.78, 5) is 33.1. The molecule has 2 aliphatic rings. The molecule has 8 nitrogen and oxygen atoms in total. The molecule has 0 aromatic carbocycles. The van der Waals surface area contributed by atoms with Crippen molar-refractivity contribution in [1.29, 1.82) is 0 Å². The molecular formula is C24H31N5O3. The third kappa shape index (κ3) is 6.02. The zero-order valence-electron chi connectivity index (χ0n) is 18.5. The van der Waals surface area contributed by atoms with E-state index in [9.17, 15) is 9.59 Å². The van der Waals surface area contributed by atoms with E-state index in [-0.39, 0.29) is 18.2 Å². The second-order valence-corrected chi connectivity index (χ2v) is 8.59.